The van der Waals surface area contributed by atoms with Crippen molar-refractivity contribution in [3.63, 3.8) is 0 Å². The van der Waals surface area contributed by atoms with E-state index in [0.29, 0.717) is 10.6 Å². The minimum atomic E-state index is -0.832. The molecule has 0 aliphatic carbocycles. The topological polar surface area (TPSA) is 122 Å². The third-order valence-corrected chi connectivity index (χ3v) is 3.82. The molecule has 0 bridgehead atoms. The molecule has 3 aromatic rings. The fraction of sp³-hybridized carbons (Fsp3) is 0.143. The Hall–Kier alpha value is -3.32. The van der Waals surface area contributed by atoms with E-state index in [1.807, 2.05) is 6.07 Å². The molecule has 120 valence electrons. The van der Waals surface area contributed by atoms with Crippen LogP contribution in [-0.2, 0) is 9.53 Å². The molecular formula is C14H10N6O3S. The lowest BCUT2D eigenvalue weighted by Gasteiger charge is -2.03. The Balaban J connectivity index is 1.63. The van der Waals surface area contributed by atoms with Gasteiger partial charge in [-0.2, -0.15) is 10.2 Å². The van der Waals surface area contributed by atoms with E-state index in [9.17, 15) is 9.59 Å². The number of carbonyl (C=O) groups is 2. The summed E-state index contributed by atoms with van der Waals surface area (Å²) in [6, 6.07) is 5.26. The Morgan fingerprint density at radius 1 is 1.46 bits per heavy atom. The molecule has 1 amide bonds. The third-order valence-electron chi connectivity index (χ3n) is 2.99. The largest absolute Gasteiger partial charge is 0.450 e. The summed E-state index contributed by atoms with van der Waals surface area (Å²) in [6.07, 6.45) is 1.55. The van der Waals surface area contributed by atoms with Crippen molar-refractivity contribution < 1.29 is 14.3 Å². The lowest BCUT2D eigenvalue weighted by Crippen LogP contribution is -2.21. The van der Waals surface area contributed by atoms with E-state index in [-0.39, 0.29) is 11.6 Å². The first-order valence-corrected chi connectivity index (χ1v) is 7.59. The van der Waals surface area contributed by atoms with E-state index in [1.54, 1.807) is 30.6 Å². The van der Waals surface area contributed by atoms with Crippen LogP contribution >= 0.6 is 11.3 Å². The number of anilines is 1. The van der Waals surface area contributed by atoms with Gasteiger partial charge in [0.2, 0.25) is 0 Å². The number of hydrogen-bond donors (Lipinski definition) is 1. The quantitative estimate of drug-likeness (QED) is 0.706. The number of aromatic nitrogens is 4. The second-order valence-corrected chi connectivity index (χ2v) is 5.55. The van der Waals surface area contributed by atoms with Crippen LogP contribution in [-0.4, -0.2) is 38.1 Å². The van der Waals surface area contributed by atoms with Crippen molar-refractivity contribution in [3.05, 3.63) is 40.8 Å². The van der Waals surface area contributed by atoms with Crippen LogP contribution in [0.4, 0.5) is 5.00 Å². The number of amides is 1. The number of hydrogen-bond acceptors (Lipinski definition) is 8. The molecule has 10 heteroatoms. The van der Waals surface area contributed by atoms with Crippen molar-refractivity contribution in [1.29, 1.82) is 5.26 Å². The van der Waals surface area contributed by atoms with Crippen molar-refractivity contribution in [3.8, 4) is 6.07 Å². The maximum atomic E-state index is 11.9. The average molecular weight is 342 g/mol. The van der Waals surface area contributed by atoms with Crippen molar-refractivity contribution >= 4 is 34.0 Å². The predicted molar refractivity (Wildman–Crippen MR) is 83.5 cm³/mol. The van der Waals surface area contributed by atoms with Gasteiger partial charge in [-0.1, -0.05) is 0 Å². The molecule has 0 spiro atoms. The van der Waals surface area contributed by atoms with Crippen LogP contribution in [0.3, 0.4) is 0 Å². The Bertz CT molecular complexity index is 970. The van der Waals surface area contributed by atoms with Gasteiger partial charge < -0.3 is 10.1 Å². The average Bonchev–Trinajstić information content (AvgIpc) is 3.19. The Morgan fingerprint density at radius 3 is 3.04 bits per heavy atom. The number of aryl methyl sites for hydroxylation is 1. The highest BCUT2D eigenvalue weighted by atomic mass is 32.1. The first-order valence-electron chi connectivity index (χ1n) is 6.71. The number of nitrogens with one attached hydrogen (secondary N) is 1. The molecule has 3 heterocycles. The van der Waals surface area contributed by atoms with Crippen LogP contribution in [0, 0.1) is 18.3 Å². The lowest BCUT2D eigenvalue weighted by molar-refractivity contribution is -0.119. The lowest BCUT2D eigenvalue weighted by atomic mass is 10.3. The second kappa shape index (κ2) is 6.43. The van der Waals surface area contributed by atoms with Gasteiger partial charge in [0.15, 0.2) is 6.61 Å². The molecule has 0 aliphatic rings. The summed E-state index contributed by atoms with van der Waals surface area (Å²) in [6.45, 7) is 1.28. The van der Waals surface area contributed by atoms with Crippen molar-refractivity contribution in [2.45, 2.75) is 6.92 Å². The van der Waals surface area contributed by atoms with Crippen LogP contribution in [0.5, 0.6) is 0 Å². The minimum Gasteiger partial charge on any atom is -0.450 e. The summed E-state index contributed by atoms with van der Waals surface area (Å²) in [5.41, 5.74) is 1.11. The minimum absolute atomic E-state index is 0.182. The number of rotatable bonds is 4. The molecule has 0 saturated carbocycles. The smallest absolute Gasteiger partial charge is 0.378 e. The first kappa shape index (κ1) is 15.6. The predicted octanol–water partition coefficient (Wildman–Crippen LogP) is 1.16. The molecule has 0 unspecified atom stereocenters. The van der Waals surface area contributed by atoms with Crippen LogP contribution in [0.25, 0.3) is 5.78 Å². The zero-order valence-electron chi connectivity index (χ0n) is 12.4. The number of nitrogens with zero attached hydrogens (tertiary/aromatic N) is 5. The van der Waals surface area contributed by atoms with Crippen LogP contribution in [0.15, 0.2) is 23.7 Å². The van der Waals surface area contributed by atoms with Gasteiger partial charge in [0, 0.05) is 11.9 Å². The van der Waals surface area contributed by atoms with Crippen LogP contribution in [0.1, 0.15) is 21.9 Å². The molecule has 0 radical (unpaired) electrons. The fourth-order valence-electron chi connectivity index (χ4n) is 1.85. The van der Waals surface area contributed by atoms with Gasteiger partial charge in [-0.15, -0.1) is 16.4 Å². The van der Waals surface area contributed by atoms with Gasteiger partial charge in [0.1, 0.15) is 11.1 Å². The van der Waals surface area contributed by atoms with Crippen molar-refractivity contribution in [2.75, 3.05) is 11.9 Å². The molecule has 0 fully saturated rings. The number of thiophene rings is 1. The standard InChI is InChI=1S/C14H10N6O3S/c1-8-2-4-16-14-18-11(19-20(8)14)13(22)23-7-10(21)17-12-9(6-15)3-5-24-12/h2-5H,7H2,1H3,(H,17,21). The van der Waals surface area contributed by atoms with E-state index in [4.69, 9.17) is 10.00 Å². The highest BCUT2D eigenvalue weighted by molar-refractivity contribution is 7.14. The van der Waals surface area contributed by atoms with Crippen LogP contribution in [0.2, 0.25) is 0 Å². The maximum absolute atomic E-state index is 11.9. The van der Waals surface area contributed by atoms with E-state index >= 15 is 0 Å². The number of ether oxygens (including phenoxy) is 1. The molecule has 0 aromatic carbocycles. The maximum Gasteiger partial charge on any atom is 0.378 e. The van der Waals surface area contributed by atoms with Gasteiger partial charge in [0.05, 0.1) is 5.56 Å². The van der Waals surface area contributed by atoms with Gasteiger partial charge in [-0.25, -0.2) is 14.3 Å². The van der Waals surface area contributed by atoms with E-state index in [2.05, 4.69) is 20.4 Å². The summed E-state index contributed by atoms with van der Waals surface area (Å²) in [5.74, 6) is -1.30. The van der Waals surface area contributed by atoms with E-state index in [0.717, 1.165) is 5.69 Å². The highest BCUT2D eigenvalue weighted by Crippen LogP contribution is 2.21. The Kier molecular flexibility index (Phi) is 4.17. The summed E-state index contributed by atoms with van der Waals surface area (Å²) in [4.78, 5) is 31.7. The zero-order chi connectivity index (χ0) is 17.1. The zero-order valence-corrected chi connectivity index (χ0v) is 13.2. The first-order chi connectivity index (χ1) is 11.6. The summed E-state index contributed by atoms with van der Waals surface area (Å²) < 4.78 is 6.29. The number of esters is 1. The summed E-state index contributed by atoms with van der Waals surface area (Å²) in [5, 5.41) is 17.5. The molecule has 3 rings (SSSR count). The molecule has 0 aliphatic heterocycles. The molecule has 0 saturated heterocycles. The number of fused-ring (bicyclic) bond motifs is 1. The fourth-order valence-corrected chi connectivity index (χ4v) is 2.60. The van der Waals surface area contributed by atoms with Crippen molar-refractivity contribution in [1.82, 2.24) is 19.6 Å². The molecule has 9 nitrogen and oxygen atoms in total. The van der Waals surface area contributed by atoms with Gasteiger partial charge in [-0.05, 0) is 24.4 Å². The normalized spacial score (nSPS) is 10.3. The summed E-state index contributed by atoms with van der Waals surface area (Å²) >= 11 is 1.21. The highest BCUT2D eigenvalue weighted by Gasteiger charge is 2.18. The van der Waals surface area contributed by atoms with E-state index < -0.39 is 18.5 Å². The van der Waals surface area contributed by atoms with Gasteiger partial charge >= 0.3 is 5.97 Å². The monoisotopic (exact) mass is 342 g/mol. The molecule has 3 aromatic heterocycles. The van der Waals surface area contributed by atoms with Gasteiger partial charge in [-0.3, -0.25) is 4.79 Å². The van der Waals surface area contributed by atoms with Crippen LogP contribution < -0.4 is 5.32 Å². The Labute approximate surface area is 139 Å². The SMILES string of the molecule is Cc1ccnc2nc(C(=O)OCC(=O)Nc3sccc3C#N)nn12. The van der Waals surface area contributed by atoms with E-state index in [1.165, 1.54) is 15.9 Å². The molecule has 1 N–H and O–H groups in total. The Morgan fingerprint density at radius 2 is 2.29 bits per heavy atom. The third kappa shape index (κ3) is 3.06. The molecule has 24 heavy (non-hydrogen) atoms. The van der Waals surface area contributed by atoms with Crippen molar-refractivity contribution in [2.24, 2.45) is 0 Å². The molecular weight excluding hydrogens is 332 g/mol. The number of carbonyl (C=O) groups excluding carboxylic acids is 2. The molecule has 0 atom stereocenters. The second-order valence-electron chi connectivity index (χ2n) is 4.63. The number of nitriles is 1. The summed E-state index contributed by atoms with van der Waals surface area (Å²) in [7, 11) is 0. The van der Waals surface area contributed by atoms with Gasteiger partial charge in [0.25, 0.3) is 17.5 Å².